The minimum atomic E-state index is -0.667. The quantitative estimate of drug-likeness (QED) is 0.729. The highest BCUT2D eigenvalue weighted by Gasteiger charge is 2.34. The largest absolute Gasteiger partial charge is 0.496 e. The standard InChI is InChI=1S/C19H26N2O5/c1-6-8-12-9-13(15(25-5)10-14(12)24-4)17-16(18(22)26-7-2)11(3)20-19(23)21-17/h9-10,17H,6-8H2,1-5H3,(H2,20,21,23). The van der Waals surface area contributed by atoms with E-state index in [-0.39, 0.29) is 12.6 Å². The number of methoxy groups -OCH3 is 2. The summed E-state index contributed by atoms with van der Waals surface area (Å²) in [5.74, 6) is 0.770. The van der Waals surface area contributed by atoms with Gasteiger partial charge in [-0.05, 0) is 31.9 Å². The SMILES string of the molecule is CCCc1cc(C2NC(=O)NC(C)=C2C(=O)OCC)c(OC)cc1OC. The molecular formula is C19H26N2O5. The minimum Gasteiger partial charge on any atom is -0.496 e. The van der Waals surface area contributed by atoms with Crippen molar-refractivity contribution in [2.45, 2.75) is 39.7 Å². The Bertz CT molecular complexity index is 727. The van der Waals surface area contributed by atoms with E-state index in [0.29, 0.717) is 28.3 Å². The van der Waals surface area contributed by atoms with E-state index in [4.69, 9.17) is 14.2 Å². The predicted molar refractivity (Wildman–Crippen MR) is 97.3 cm³/mol. The van der Waals surface area contributed by atoms with Gasteiger partial charge in [0.25, 0.3) is 0 Å². The molecule has 2 amide bonds. The van der Waals surface area contributed by atoms with E-state index in [0.717, 1.165) is 18.4 Å². The topological polar surface area (TPSA) is 85.9 Å². The number of allylic oxidation sites excluding steroid dienone is 1. The average Bonchev–Trinajstić information content (AvgIpc) is 2.61. The molecular weight excluding hydrogens is 336 g/mol. The van der Waals surface area contributed by atoms with Crippen molar-refractivity contribution in [3.8, 4) is 11.5 Å². The lowest BCUT2D eigenvalue weighted by Gasteiger charge is -2.29. The number of carbonyl (C=O) groups is 2. The van der Waals surface area contributed by atoms with Crippen LogP contribution in [-0.2, 0) is 16.0 Å². The molecule has 0 fully saturated rings. The molecule has 1 aromatic rings. The third kappa shape index (κ3) is 3.92. The predicted octanol–water partition coefficient (Wildman–Crippen LogP) is 2.85. The lowest BCUT2D eigenvalue weighted by atomic mass is 9.92. The number of ether oxygens (including phenoxy) is 3. The van der Waals surface area contributed by atoms with Gasteiger partial charge in [-0.15, -0.1) is 0 Å². The van der Waals surface area contributed by atoms with Crippen molar-refractivity contribution in [3.63, 3.8) is 0 Å². The lowest BCUT2D eigenvalue weighted by Crippen LogP contribution is -2.45. The van der Waals surface area contributed by atoms with Crippen molar-refractivity contribution in [1.82, 2.24) is 10.6 Å². The Kier molecular flexibility index (Phi) is 6.49. The van der Waals surface area contributed by atoms with E-state index in [1.807, 2.05) is 6.07 Å². The number of aryl methyl sites for hydroxylation is 1. The van der Waals surface area contributed by atoms with Gasteiger partial charge in [0, 0.05) is 17.3 Å². The molecule has 0 saturated heterocycles. The zero-order valence-corrected chi connectivity index (χ0v) is 15.9. The minimum absolute atomic E-state index is 0.247. The molecule has 26 heavy (non-hydrogen) atoms. The highest BCUT2D eigenvalue weighted by atomic mass is 16.5. The van der Waals surface area contributed by atoms with E-state index in [9.17, 15) is 9.59 Å². The second kappa shape index (κ2) is 8.60. The molecule has 2 N–H and O–H groups in total. The van der Waals surface area contributed by atoms with Gasteiger partial charge in [0.2, 0.25) is 0 Å². The van der Waals surface area contributed by atoms with Crippen LogP contribution in [0, 0.1) is 0 Å². The van der Waals surface area contributed by atoms with Crippen LogP contribution in [0.2, 0.25) is 0 Å². The van der Waals surface area contributed by atoms with E-state index >= 15 is 0 Å². The molecule has 1 atom stereocenters. The van der Waals surface area contributed by atoms with Crippen LogP contribution in [0.3, 0.4) is 0 Å². The number of carbonyl (C=O) groups excluding carboxylic acids is 2. The molecule has 0 aliphatic carbocycles. The molecule has 1 unspecified atom stereocenters. The molecule has 1 aromatic carbocycles. The summed E-state index contributed by atoms with van der Waals surface area (Å²) in [6, 6.07) is 2.66. The van der Waals surface area contributed by atoms with Gasteiger partial charge in [0.05, 0.1) is 32.4 Å². The van der Waals surface area contributed by atoms with Crippen molar-refractivity contribution in [3.05, 3.63) is 34.5 Å². The smallest absolute Gasteiger partial charge is 0.338 e. The maximum atomic E-state index is 12.5. The summed E-state index contributed by atoms with van der Waals surface area (Å²) in [6.07, 6.45) is 1.73. The number of urea groups is 1. The molecule has 0 aromatic heterocycles. The fourth-order valence-corrected chi connectivity index (χ4v) is 3.09. The van der Waals surface area contributed by atoms with E-state index in [1.165, 1.54) is 0 Å². The Hall–Kier alpha value is -2.70. The molecule has 2 rings (SSSR count). The molecule has 0 radical (unpaired) electrons. The molecule has 1 aliphatic heterocycles. The van der Waals surface area contributed by atoms with Crippen molar-refractivity contribution < 1.29 is 23.8 Å². The zero-order valence-electron chi connectivity index (χ0n) is 15.9. The summed E-state index contributed by atoms with van der Waals surface area (Å²) >= 11 is 0. The van der Waals surface area contributed by atoms with Crippen LogP contribution in [0.5, 0.6) is 11.5 Å². The molecule has 0 spiro atoms. The maximum Gasteiger partial charge on any atom is 0.338 e. The van der Waals surface area contributed by atoms with Gasteiger partial charge in [-0.1, -0.05) is 13.3 Å². The second-order valence-electron chi connectivity index (χ2n) is 5.95. The number of benzene rings is 1. The van der Waals surface area contributed by atoms with E-state index < -0.39 is 12.0 Å². The fraction of sp³-hybridized carbons (Fsp3) is 0.474. The second-order valence-corrected chi connectivity index (χ2v) is 5.95. The molecule has 0 bridgehead atoms. The molecule has 7 heteroatoms. The third-order valence-corrected chi connectivity index (χ3v) is 4.23. The summed E-state index contributed by atoms with van der Waals surface area (Å²) in [7, 11) is 3.15. The first-order chi connectivity index (χ1) is 12.5. The first kappa shape index (κ1) is 19.6. The van der Waals surface area contributed by atoms with E-state index in [2.05, 4.69) is 17.6 Å². The fourth-order valence-electron chi connectivity index (χ4n) is 3.09. The third-order valence-electron chi connectivity index (χ3n) is 4.23. The van der Waals surface area contributed by atoms with Crippen molar-refractivity contribution >= 4 is 12.0 Å². The molecule has 1 aliphatic rings. The number of nitrogens with one attached hydrogen (secondary N) is 2. The number of esters is 1. The van der Waals surface area contributed by atoms with Crippen LogP contribution in [-0.4, -0.2) is 32.8 Å². The van der Waals surface area contributed by atoms with Crippen molar-refractivity contribution in [2.24, 2.45) is 0 Å². The average molecular weight is 362 g/mol. The molecule has 0 saturated carbocycles. The summed E-state index contributed by atoms with van der Waals surface area (Å²) in [5, 5.41) is 5.44. The van der Waals surface area contributed by atoms with Gasteiger partial charge in [0.1, 0.15) is 11.5 Å². The number of hydrogen-bond acceptors (Lipinski definition) is 5. The summed E-state index contributed by atoms with van der Waals surface area (Å²) in [4.78, 5) is 24.5. The highest BCUT2D eigenvalue weighted by molar-refractivity contribution is 5.95. The van der Waals surface area contributed by atoms with Gasteiger partial charge >= 0.3 is 12.0 Å². The Labute approximate surface area is 153 Å². The van der Waals surface area contributed by atoms with Gasteiger partial charge < -0.3 is 24.8 Å². The van der Waals surface area contributed by atoms with Crippen LogP contribution in [0.1, 0.15) is 44.4 Å². The van der Waals surface area contributed by atoms with Gasteiger partial charge in [-0.3, -0.25) is 0 Å². The monoisotopic (exact) mass is 362 g/mol. The highest BCUT2D eigenvalue weighted by Crippen LogP contribution is 2.38. The number of hydrogen-bond donors (Lipinski definition) is 2. The normalized spacial score (nSPS) is 16.7. The van der Waals surface area contributed by atoms with Gasteiger partial charge in [-0.2, -0.15) is 0 Å². The molecule has 7 nitrogen and oxygen atoms in total. The van der Waals surface area contributed by atoms with Crippen molar-refractivity contribution in [2.75, 3.05) is 20.8 Å². The maximum absolute atomic E-state index is 12.5. The van der Waals surface area contributed by atoms with Crippen molar-refractivity contribution in [1.29, 1.82) is 0 Å². The van der Waals surface area contributed by atoms with Gasteiger partial charge in [0.15, 0.2) is 0 Å². The Morgan fingerprint density at radius 2 is 1.85 bits per heavy atom. The van der Waals surface area contributed by atoms with Crippen LogP contribution < -0.4 is 20.1 Å². The Morgan fingerprint density at radius 3 is 2.42 bits per heavy atom. The summed E-state index contributed by atoms with van der Waals surface area (Å²) < 4.78 is 16.1. The number of rotatable bonds is 7. The Balaban J connectivity index is 2.61. The number of amides is 2. The lowest BCUT2D eigenvalue weighted by molar-refractivity contribution is -0.139. The van der Waals surface area contributed by atoms with Crippen LogP contribution in [0.4, 0.5) is 4.79 Å². The van der Waals surface area contributed by atoms with Crippen LogP contribution in [0.15, 0.2) is 23.4 Å². The summed E-state index contributed by atoms with van der Waals surface area (Å²) in [5.41, 5.74) is 2.50. The molecule has 1 heterocycles. The Morgan fingerprint density at radius 1 is 1.15 bits per heavy atom. The first-order valence-electron chi connectivity index (χ1n) is 8.66. The van der Waals surface area contributed by atoms with E-state index in [1.54, 1.807) is 34.1 Å². The summed E-state index contributed by atoms with van der Waals surface area (Å²) in [6.45, 7) is 5.74. The van der Waals surface area contributed by atoms with Crippen LogP contribution in [0.25, 0.3) is 0 Å². The molecule has 142 valence electrons. The van der Waals surface area contributed by atoms with Gasteiger partial charge in [-0.25, -0.2) is 9.59 Å². The first-order valence-corrected chi connectivity index (χ1v) is 8.66. The van der Waals surface area contributed by atoms with Crippen LogP contribution >= 0.6 is 0 Å². The zero-order chi connectivity index (χ0) is 19.3.